The van der Waals surface area contributed by atoms with Crippen molar-refractivity contribution in [3.05, 3.63) is 45.7 Å². The highest BCUT2D eigenvalue weighted by Gasteiger charge is 2.33. The molecule has 0 saturated carbocycles. The first-order valence-electron chi connectivity index (χ1n) is 7.25. The summed E-state index contributed by atoms with van der Waals surface area (Å²) in [5.41, 5.74) is 2.51. The Balaban J connectivity index is 2.27. The van der Waals surface area contributed by atoms with Crippen molar-refractivity contribution in [2.45, 2.75) is 20.0 Å². The Hall–Kier alpha value is -2.27. The number of rotatable bonds is 4. The molecule has 25 heavy (non-hydrogen) atoms. The van der Waals surface area contributed by atoms with Crippen molar-refractivity contribution in [3.8, 4) is 18.0 Å². The fourth-order valence-corrected chi connectivity index (χ4v) is 2.58. The first-order valence-corrected chi connectivity index (χ1v) is 8.05. The van der Waals surface area contributed by atoms with Crippen LogP contribution >= 0.6 is 15.9 Å². The van der Waals surface area contributed by atoms with Gasteiger partial charge in [-0.2, -0.15) is 18.3 Å². The lowest BCUT2D eigenvalue weighted by Crippen LogP contribution is -2.39. The summed E-state index contributed by atoms with van der Waals surface area (Å²) in [7, 11) is 0. The van der Waals surface area contributed by atoms with E-state index in [1.807, 2.05) is 13.8 Å². The Bertz CT molecular complexity index is 819. The van der Waals surface area contributed by atoms with Crippen molar-refractivity contribution in [3.63, 3.8) is 0 Å². The zero-order valence-corrected chi connectivity index (χ0v) is 15.1. The number of aryl methyl sites for hydroxylation is 1. The van der Waals surface area contributed by atoms with Crippen molar-refractivity contribution in [2.75, 3.05) is 13.1 Å². The van der Waals surface area contributed by atoms with Gasteiger partial charge in [0.25, 0.3) is 5.91 Å². The van der Waals surface area contributed by atoms with Crippen LogP contribution in [0.3, 0.4) is 0 Å². The summed E-state index contributed by atoms with van der Waals surface area (Å²) in [5, 5.41) is 4.37. The molecule has 4 nitrogen and oxygen atoms in total. The van der Waals surface area contributed by atoms with Crippen LogP contribution in [-0.2, 0) is 0 Å². The molecule has 0 N–H and O–H groups in total. The lowest BCUT2D eigenvalue weighted by atomic mass is 10.1. The summed E-state index contributed by atoms with van der Waals surface area (Å²) in [5.74, 6) is 1.31. The Kier molecular flexibility index (Phi) is 5.58. The number of hydrogen-bond donors (Lipinski definition) is 0. The topological polar surface area (TPSA) is 38.1 Å². The Morgan fingerprint density at radius 1 is 1.32 bits per heavy atom. The maximum Gasteiger partial charge on any atom is 0.406 e. The maximum absolute atomic E-state index is 12.6. The fraction of sp³-hybridized carbons (Fsp3) is 0.294. The second-order valence-electron chi connectivity index (χ2n) is 5.42. The summed E-state index contributed by atoms with van der Waals surface area (Å²) < 4.78 is 40.3. The molecule has 0 atom stereocenters. The van der Waals surface area contributed by atoms with Crippen LogP contribution in [0, 0.1) is 26.2 Å². The van der Waals surface area contributed by atoms with E-state index in [9.17, 15) is 18.0 Å². The fourth-order valence-electron chi connectivity index (χ4n) is 2.33. The van der Waals surface area contributed by atoms with Crippen LogP contribution in [0.25, 0.3) is 5.69 Å². The number of hydrogen-bond acceptors (Lipinski definition) is 2. The number of carbonyl (C=O) groups excluding carboxylic acids is 1. The lowest BCUT2D eigenvalue weighted by Gasteiger charge is -2.21. The zero-order valence-electron chi connectivity index (χ0n) is 13.6. The number of amides is 1. The minimum atomic E-state index is -4.51. The summed E-state index contributed by atoms with van der Waals surface area (Å²) in [4.78, 5) is 12.9. The van der Waals surface area contributed by atoms with E-state index >= 15 is 0 Å². The maximum atomic E-state index is 12.6. The predicted molar refractivity (Wildman–Crippen MR) is 91.5 cm³/mol. The molecule has 132 valence electrons. The summed E-state index contributed by atoms with van der Waals surface area (Å²) in [6.07, 6.45) is 0.559. The van der Waals surface area contributed by atoms with Crippen LogP contribution in [0.5, 0.6) is 0 Å². The van der Waals surface area contributed by atoms with Gasteiger partial charge in [-0.15, -0.1) is 6.42 Å². The molecular formula is C17H15BrF3N3O. The molecule has 0 bridgehead atoms. The molecule has 0 fully saturated rings. The van der Waals surface area contributed by atoms with E-state index in [4.69, 9.17) is 6.42 Å². The third kappa shape index (κ3) is 4.42. The minimum absolute atomic E-state index is 0.129. The van der Waals surface area contributed by atoms with E-state index in [0.29, 0.717) is 10.6 Å². The zero-order chi connectivity index (χ0) is 18.8. The Morgan fingerprint density at radius 2 is 1.92 bits per heavy atom. The van der Waals surface area contributed by atoms with E-state index in [1.165, 1.54) is 12.1 Å². The van der Waals surface area contributed by atoms with Crippen molar-refractivity contribution in [2.24, 2.45) is 0 Å². The largest absolute Gasteiger partial charge is 0.406 e. The predicted octanol–water partition coefficient (Wildman–Crippen LogP) is 3.89. The highest BCUT2D eigenvalue weighted by molar-refractivity contribution is 9.10. The van der Waals surface area contributed by atoms with Crippen LogP contribution in [0.1, 0.15) is 21.7 Å². The standard InChI is InChI=1S/C17H15BrF3N3O/c1-4-9-23(10-17(19,20)21)16(25)13-5-7-14(8-6-13)24-12(3)15(18)11(2)22-24/h1,5-8H,9-10H2,2-3H3. The van der Waals surface area contributed by atoms with Gasteiger partial charge in [-0.25, -0.2) is 4.68 Å². The van der Waals surface area contributed by atoms with Gasteiger partial charge in [0.15, 0.2) is 0 Å². The third-order valence-electron chi connectivity index (χ3n) is 3.50. The first kappa shape index (κ1) is 19.1. The quantitative estimate of drug-likeness (QED) is 0.713. The van der Waals surface area contributed by atoms with Gasteiger partial charge >= 0.3 is 6.18 Å². The van der Waals surface area contributed by atoms with E-state index in [0.717, 1.165) is 15.9 Å². The van der Waals surface area contributed by atoms with Crippen molar-refractivity contribution < 1.29 is 18.0 Å². The molecule has 0 aliphatic carbocycles. The number of terminal acetylenes is 1. The molecule has 2 aromatic rings. The van der Waals surface area contributed by atoms with Gasteiger partial charge in [-0.1, -0.05) is 5.92 Å². The van der Waals surface area contributed by atoms with E-state index in [-0.39, 0.29) is 5.56 Å². The summed E-state index contributed by atoms with van der Waals surface area (Å²) in [6, 6.07) is 6.17. The molecule has 1 aromatic heterocycles. The molecule has 0 unspecified atom stereocenters. The average Bonchev–Trinajstić information content (AvgIpc) is 2.80. The SMILES string of the molecule is C#CCN(CC(F)(F)F)C(=O)c1ccc(-n2nc(C)c(Br)c2C)cc1. The van der Waals surface area contributed by atoms with Crippen molar-refractivity contribution in [1.82, 2.24) is 14.7 Å². The van der Waals surface area contributed by atoms with Crippen LogP contribution in [-0.4, -0.2) is 39.9 Å². The van der Waals surface area contributed by atoms with Crippen molar-refractivity contribution >= 4 is 21.8 Å². The number of aromatic nitrogens is 2. The molecule has 1 aromatic carbocycles. The number of benzene rings is 1. The van der Waals surface area contributed by atoms with Crippen LogP contribution in [0.15, 0.2) is 28.7 Å². The molecule has 0 aliphatic heterocycles. The summed E-state index contributed by atoms with van der Waals surface area (Å²) in [6.45, 7) is 1.92. The third-order valence-corrected chi connectivity index (χ3v) is 4.65. The van der Waals surface area contributed by atoms with Gasteiger partial charge in [0.2, 0.25) is 0 Å². The number of nitrogens with zero attached hydrogens (tertiary/aromatic N) is 3. The monoisotopic (exact) mass is 413 g/mol. The molecule has 1 amide bonds. The normalized spacial score (nSPS) is 11.2. The Morgan fingerprint density at radius 3 is 2.36 bits per heavy atom. The molecule has 0 saturated heterocycles. The number of alkyl halides is 3. The Labute approximate surface area is 151 Å². The van der Waals surface area contributed by atoms with Crippen molar-refractivity contribution in [1.29, 1.82) is 0 Å². The molecule has 0 radical (unpaired) electrons. The second-order valence-corrected chi connectivity index (χ2v) is 6.22. The van der Waals surface area contributed by atoms with E-state index in [2.05, 4.69) is 26.9 Å². The highest BCUT2D eigenvalue weighted by Crippen LogP contribution is 2.23. The first-order chi connectivity index (χ1) is 11.6. The molecule has 8 heteroatoms. The number of carbonyl (C=O) groups is 1. The number of halogens is 4. The van der Waals surface area contributed by atoms with Gasteiger partial charge in [-0.05, 0) is 54.0 Å². The highest BCUT2D eigenvalue weighted by atomic mass is 79.9. The van der Waals surface area contributed by atoms with Gasteiger partial charge in [-0.3, -0.25) is 4.79 Å². The van der Waals surface area contributed by atoms with Gasteiger partial charge in [0.05, 0.1) is 28.1 Å². The van der Waals surface area contributed by atoms with Crippen LogP contribution < -0.4 is 0 Å². The minimum Gasteiger partial charge on any atom is -0.318 e. The molecular weight excluding hydrogens is 399 g/mol. The lowest BCUT2D eigenvalue weighted by molar-refractivity contribution is -0.139. The molecule has 1 heterocycles. The van der Waals surface area contributed by atoms with Gasteiger partial charge in [0, 0.05) is 5.56 Å². The second kappa shape index (κ2) is 7.31. The molecule has 2 rings (SSSR count). The van der Waals surface area contributed by atoms with E-state index < -0.39 is 25.2 Å². The van der Waals surface area contributed by atoms with Crippen LogP contribution in [0.2, 0.25) is 0 Å². The average molecular weight is 414 g/mol. The van der Waals surface area contributed by atoms with E-state index in [1.54, 1.807) is 16.8 Å². The van der Waals surface area contributed by atoms with Gasteiger partial charge < -0.3 is 4.90 Å². The van der Waals surface area contributed by atoms with Gasteiger partial charge in [0.1, 0.15) is 6.54 Å². The molecule has 0 spiro atoms. The smallest absolute Gasteiger partial charge is 0.318 e. The summed E-state index contributed by atoms with van der Waals surface area (Å²) >= 11 is 3.43. The molecule has 0 aliphatic rings. The van der Waals surface area contributed by atoms with Crippen LogP contribution in [0.4, 0.5) is 13.2 Å².